The number of nitrogens with two attached hydrogens (primary N) is 1. The molecule has 2 rings (SSSR count). The van der Waals surface area contributed by atoms with E-state index in [-0.39, 0.29) is 23.1 Å². The van der Waals surface area contributed by atoms with E-state index in [0.29, 0.717) is 0 Å². The second-order valence-corrected chi connectivity index (χ2v) is 3.35. The van der Waals surface area contributed by atoms with Gasteiger partial charge in [-0.25, -0.2) is 4.79 Å². The number of aromatic nitrogens is 2. The minimum atomic E-state index is -0.312. The van der Waals surface area contributed by atoms with Crippen molar-refractivity contribution in [3.8, 4) is 0 Å². The van der Waals surface area contributed by atoms with Gasteiger partial charge in [0.15, 0.2) is 0 Å². The molecule has 70 valence electrons. The molecule has 0 unspecified atom stereocenters. The SMILES string of the molecule is Cn1c(N)cc(=O)n(C2CC2)c1=O. The number of hydrogen-bond donors (Lipinski definition) is 1. The van der Waals surface area contributed by atoms with Gasteiger partial charge < -0.3 is 5.73 Å². The van der Waals surface area contributed by atoms with Gasteiger partial charge in [0.2, 0.25) is 0 Å². The highest BCUT2D eigenvalue weighted by molar-refractivity contribution is 5.26. The van der Waals surface area contributed by atoms with Crippen LogP contribution in [0.3, 0.4) is 0 Å². The number of hydrogen-bond acceptors (Lipinski definition) is 3. The molecule has 1 aliphatic rings. The van der Waals surface area contributed by atoms with E-state index in [0.717, 1.165) is 12.8 Å². The average molecular weight is 181 g/mol. The molecule has 0 bridgehead atoms. The molecule has 0 aromatic carbocycles. The summed E-state index contributed by atoms with van der Waals surface area (Å²) in [6.45, 7) is 0. The van der Waals surface area contributed by atoms with Crippen molar-refractivity contribution in [1.29, 1.82) is 0 Å². The Morgan fingerprint density at radius 3 is 2.62 bits per heavy atom. The van der Waals surface area contributed by atoms with Crippen molar-refractivity contribution in [2.24, 2.45) is 7.05 Å². The molecule has 0 saturated heterocycles. The summed E-state index contributed by atoms with van der Waals surface area (Å²) in [7, 11) is 1.57. The molecule has 1 aliphatic carbocycles. The highest BCUT2D eigenvalue weighted by Gasteiger charge is 2.27. The van der Waals surface area contributed by atoms with Crippen LogP contribution in [0.15, 0.2) is 15.7 Å². The molecule has 1 fully saturated rings. The van der Waals surface area contributed by atoms with Crippen molar-refractivity contribution in [2.45, 2.75) is 18.9 Å². The molecule has 0 spiro atoms. The Morgan fingerprint density at radius 2 is 2.08 bits per heavy atom. The van der Waals surface area contributed by atoms with Crippen molar-refractivity contribution >= 4 is 5.82 Å². The summed E-state index contributed by atoms with van der Waals surface area (Å²) in [5.74, 6) is 0.215. The lowest BCUT2D eigenvalue weighted by atomic mass is 10.5. The van der Waals surface area contributed by atoms with Crippen LogP contribution < -0.4 is 17.0 Å². The van der Waals surface area contributed by atoms with Gasteiger partial charge in [0.1, 0.15) is 5.82 Å². The Labute approximate surface area is 74.4 Å². The van der Waals surface area contributed by atoms with E-state index in [4.69, 9.17) is 5.73 Å². The lowest BCUT2D eigenvalue weighted by molar-refractivity contribution is 0.613. The van der Waals surface area contributed by atoms with E-state index in [1.807, 2.05) is 0 Å². The topological polar surface area (TPSA) is 70.0 Å². The van der Waals surface area contributed by atoms with Crippen molar-refractivity contribution in [2.75, 3.05) is 5.73 Å². The molecule has 0 amide bonds. The predicted molar refractivity (Wildman–Crippen MR) is 48.6 cm³/mol. The van der Waals surface area contributed by atoms with Gasteiger partial charge in [-0.3, -0.25) is 13.9 Å². The maximum atomic E-state index is 11.5. The molecule has 2 N–H and O–H groups in total. The van der Waals surface area contributed by atoms with E-state index >= 15 is 0 Å². The summed E-state index contributed by atoms with van der Waals surface area (Å²) >= 11 is 0. The van der Waals surface area contributed by atoms with E-state index in [2.05, 4.69) is 0 Å². The molecule has 0 radical (unpaired) electrons. The largest absolute Gasteiger partial charge is 0.385 e. The molecule has 13 heavy (non-hydrogen) atoms. The molecule has 0 aliphatic heterocycles. The van der Waals surface area contributed by atoms with Gasteiger partial charge in [-0.15, -0.1) is 0 Å². The summed E-state index contributed by atoms with van der Waals surface area (Å²) in [6, 6.07) is 1.39. The maximum Gasteiger partial charge on any atom is 0.332 e. The van der Waals surface area contributed by atoms with E-state index < -0.39 is 0 Å². The Hall–Kier alpha value is -1.52. The first kappa shape index (κ1) is 8.10. The molecule has 1 saturated carbocycles. The Balaban J connectivity index is 2.75. The molecule has 0 atom stereocenters. The quantitative estimate of drug-likeness (QED) is 0.632. The second-order valence-electron chi connectivity index (χ2n) is 3.35. The van der Waals surface area contributed by atoms with Crippen LogP contribution in [0.25, 0.3) is 0 Å². The third-order valence-corrected chi connectivity index (χ3v) is 2.30. The average Bonchev–Trinajstić information content (AvgIpc) is 2.84. The molecule has 1 aromatic rings. The minimum Gasteiger partial charge on any atom is -0.385 e. The van der Waals surface area contributed by atoms with E-state index in [1.165, 1.54) is 15.2 Å². The fourth-order valence-electron chi connectivity index (χ4n) is 1.33. The summed E-state index contributed by atoms with van der Waals surface area (Å²) in [5.41, 5.74) is 4.86. The predicted octanol–water partition coefficient (Wildman–Crippen LogP) is -0.536. The molecular weight excluding hydrogens is 170 g/mol. The Bertz CT molecular complexity index is 453. The Morgan fingerprint density at radius 1 is 1.46 bits per heavy atom. The zero-order valence-corrected chi connectivity index (χ0v) is 7.36. The van der Waals surface area contributed by atoms with E-state index in [9.17, 15) is 9.59 Å². The van der Waals surface area contributed by atoms with Crippen molar-refractivity contribution in [3.63, 3.8) is 0 Å². The van der Waals surface area contributed by atoms with Gasteiger partial charge in [0.25, 0.3) is 5.56 Å². The van der Waals surface area contributed by atoms with Gasteiger partial charge in [-0.05, 0) is 12.8 Å². The molecule has 1 aromatic heterocycles. The fraction of sp³-hybridized carbons (Fsp3) is 0.500. The van der Waals surface area contributed by atoms with Gasteiger partial charge in [-0.2, -0.15) is 0 Å². The second kappa shape index (κ2) is 2.48. The zero-order valence-electron chi connectivity index (χ0n) is 7.36. The third kappa shape index (κ3) is 1.16. The van der Waals surface area contributed by atoms with Crippen LogP contribution in [0.1, 0.15) is 18.9 Å². The highest BCUT2D eigenvalue weighted by atomic mass is 16.2. The lowest BCUT2D eigenvalue weighted by Crippen LogP contribution is -2.38. The zero-order chi connectivity index (χ0) is 9.59. The first-order valence-corrected chi connectivity index (χ1v) is 4.19. The summed E-state index contributed by atoms with van der Waals surface area (Å²) in [4.78, 5) is 22.9. The molecule has 5 nitrogen and oxygen atoms in total. The smallest absolute Gasteiger partial charge is 0.332 e. The van der Waals surface area contributed by atoms with E-state index in [1.54, 1.807) is 7.05 Å². The summed E-state index contributed by atoms with van der Waals surface area (Å²) < 4.78 is 2.57. The number of nitrogens with zero attached hydrogens (tertiary/aromatic N) is 2. The van der Waals surface area contributed by atoms with Gasteiger partial charge in [0.05, 0.1) is 0 Å². The van der Waals surface area contributed by atoms with Crippen molar-refractivity contribution in [1.82, 2.24) is 9.13 Å². The van der Waals surface area contributed by atoms with Crippen LogP contribution in [0, 0.1) is 0 Å². The third-order valence-electron chi connectivity index (χ3n) is 2.30. The fourth-order valence-corrected chi connectivity index (χ4v) is 1.33. The summed E-state index contributed by atoms with van der Waals surface area (Å²) in [5, 5.41) is 0. The molecular formula is C8H11N3O2. The maximum absolute atomic E-state index is 11.5. The van der Waals surface area contributed by atoms with Gasteiger partial charge in [0, 0.05) is 19.2 Å². The number of anilines is 1. The first-order valence-electron chi connectivity index (χ1n) is 4.19. The van der Waals surface area contributed by atoms with Crippen molar-refractivity contribution in [3.05, 3.63) is 26.9 Å². The van der Waals surface area contributed by atoms with Gasteiger partial charge >= 0.3 is 5.69 Å². The van der Waals surface area contributed by atoms with Crippen LogP contribution in [-0.2, 0) is 7.05 Å². The van der Waals surface area contributed by atoms with Crippen LogP contribution in [0.2, 0.25) is 0 Å². The Kier molecular flexibility index (Phi) is 1.55. The standard InChI is InChI=1S/C8H11N3O2/c1-10-6(9)4-7(12)11(8(10)13)5-2-3-5/h4-5H,2-3,9H2,1H3. The lowest BCUT2D eigenvalue weighted by Gasteiger charge is -2.06. The van der Waals surface area contributed by atoms with Crippen LogP contribution >= 0.6 is 0 Å². The highest BCUT2D eigenvalue weighted by Crippen LogP contribution is 2.31. The van der Waals surface area contributed by atoms with Crippen LogP contribution in [-0.4, -0.2) is 9.13 Å². The van der Waals surface area contributed by atoms with Crippen LogP contribution in [0.4, 0.5) is 5.82 Å². The van der Waals surface area contributed by atoms with Crippen molar-refractivity contribution < 1.29 is 0 Å². The minimum absolute atomic E-state index is 0.104. The molecule has 5 heteroatoms. The normalized spacial score (nSPS) is 16.1. The summed E-state index contributed by atoms with van der Waals surface area (Å²) in [6.07, 6.45) is 1.83. The number of nitrogen functional groups attached to an aromatic ring is 1. The molecule has 1 heterocycles. The first-order chi connectivity index (χ1) is 6.11. The van der Waals surface area contributed by atoms with Crippen LogP contribution in [0.5, 0.6) is 0 Å². The number of rotatable bonds is 1. The monoisotopic (exact) mass is 181 g/mol. The van der Waals surface area contributed by atoms with Gasteiger partial charge in [-0.1, -0.05) is 0 Å².